The van der Waals surface area contributed by atoms with Crippen LogP contribution in [0.25, 0.3) is 0 Å². The van der Waals surface area contributed by atoms with Gasteiger partial charge in [-0.25, -0.2) is 0 Å². The van der Waals surface area contributed by atoms with E-state index in [4.69, 9.17) is 14.3 Å². The van der Waals surface area contributed by atoms with Crippen LogP contribution < -0.4 is 0 Å². The van der Waals surface area contributed by atoms with Gasteiger partial charge in [0.2, 0.25) is 0 Å². The quantitative estimate of drug-likeness (QED) is 0.237. The van der Waals surface area contributed by atoms with Crippen LogP contribution >= 0.6 is 0 Å². The molecule has 0 unspecified atom stereocenters. The van der Waals surface area contributed by atoms with Gasteiger partial charge in [-0.3, -0.25) is 0 Å². The molecule has 3 atom stereocenters. The average Bonchev–Trinajstić information content (AvgIpc) is 2.86. The molecule has 0 radical (unpaired) electrons. The lowest BCUT2D eigenvalue weighted by molar-refractivity contribution is -0.0957. The van der Waals surface area contributed by atoms with Crippen molar-refractivity contribution in [2.45, 2.75) is 38.1 Å². The van der Waals surface area contributed by atoms with Crippen LogP contribution in [0.4, 0.5) is 0 Å². The Balaban J connectivity index is 1.69. The number of nitrogens with zero attached hydrogens (tertiary/aromatic N) is 1. The Morgan fingerprint density at radius 1 is 0.719 bits per heavy atom. The summed E-state index contributed by atoms with van der Waals surface area (Å²) in [6.45, 7) is 4.71. The summed E-state index contributed by atoms with van der Waals surface area (Å²) in [5, 5.41) is 14.7. The highest BCUT2D eigenvalue weighted by molar-refractivity contribution is 5.63. The van der Waals surface area contributed by atoms with Gasteiger partial charge in [0, 0.05) is 0 Å². The summed E-state index contributed by atoms with van der Waals surface area (Å²) in [6.07, 6.45) is 0.671. The molecule has 0 aliphatic heterocycles. The van der Waals surface area contributed by atoms with Crippen LogP contribution in [0.5, 0.6) is 0 Å². The molecule has 0 bridgehead atoms. The first kappa shape index (κ1) is 23.4. The zero-order valence-corrected chi connectivity index (χ0v) is 18.0. The van der Waals surface area contributed by atoms with Crippen LogP contribution in [0.15, 0.2) is 109 Å². The standard InChI is InChI=1S/C27H29NO4/c1-2-25(29)27(31-20-23-14-8-4-9-15-23)26(30-19-22-12-6-3-7-13-22)18-28-32-21-24-16-10-5-11-17-24/h2-18,25-27,29H,1,19-21H2/b28-18+/t25-,26-,27+/m1/s1. The predicted molar refractivity (Wildman–Crippen MR) is 126 cm³/mol. The van der Waals surface area contributed by atoms with Crippen molar-refractivity contribution in [2.24, 2.45) is 5.16 Å². The number of rotatable bonds is 13. The Bertz CT molecular complexity index is 932. The lowest BCUT2D eigenvalue weighted by Gasteiger charge is -2.27. The molecule has 0 fully saturated rings. The van der Waals surface area contributed by atoms with Crippen molar-refractivity contribution in [3.8, 4) is 0 Å². The van der Waals surface area contributed by atoms with Crippen molar-refractivity contribution in [1.82, 2.24) is 0 Å². The van der Waals surface area contributed by atoms with Crippen molar-refractivity contribution in [1.29, 1.82) is 0 Å². The number of aliphatic hydroxyl groups excluding tert-OH is 1. The summed E-state index contributed by atoms with van der Waals surface area (Å²) in [4.78, 5) is 5.45. The summed E-state index contributed by atoms with van der Waals surface area (Å²) in [7, 11) is 0. The molecule has 0 spiro atoms. The van der Waals surface area contributed by atoms with Gasteiger partial charge in [0.15, 0.2) is 0 Å². The Morgan fingerprint density at radius 2 is 1.19 bits per heavy atom. The molecule has 0 amide bonds. The molecule has 166 valence electrons. The van der Waals surface area contributed by atoms with E-state index in [2.05, 4.69) is 11.7 Å². The number of hydrogen-bond donors (Lipinski definition) is 1. The Hall–Kier alpha value is -3.25. The van der Waals surface area contributed by atoms with E-state index in [1.807, 2.05) is 91.0 Å². The maximum absolute atomic E-state index is 10.6. The van der Waals surface area contributed by atoms with E-state index in [0.29, 0.717) is 19.8 Å². The summed E-state index contributed by atoms with van der Waals surface area (Å²) < 4.78 is 12.1. The van der Waals surface area contributed by atoms with Crippen molar-refractivity contribution in [3.63, 3.8) is 0 Å². The molecule has 0 aliphatic carbocycles. The number of oxime groups is 1. The predicted octanol–water partition coefficient (Wildman–Crippen LogP) is 4.91. The van der Waals surface area contributed by atoms with Gasteiger partial charge in [0.1, 0.15) is 24.9 Å². The smallest absolute Gasteiger partial charge is 0.142 e. The second-order valence-corrected chi connectivity index (χ2v) is 7.26. The Labute approximate surface area is 189 Å². The molecule has 5 nitrogen and oxygen atoms in total. The maximum atomic E-state index is 10.6. The van der Waals surface area contributed by atoms with Crippen LogP contribution in [0.3, 0.4) is 0 Å². The van der Waals surface area contributed by atoms with Crippen molar-refractivity contribution < 1.29 is 19.4 Å². The lowest BCUT2D eigenvalue weighted by atomic mass is 10.1. The summed E-state index contributed by atoms with van der Waals surface area (Å²) in [5.74, 6) is 0. The second kappa shape index (κ2) is 13.2. The number of hydrogen-bond acceptors (Lipinski definition) is 5. The van der Waals surface area contributed by atoms with E-state index >= 15 is 0 Å². The molecular formula is C27H29NO4. The molecule has 0 heterocycles. The molecule has 1 N–H and O–H groups in total. The average molecular weight is 432 g/mol. The monoisotopic (exact) mass is 431 g/mol. The molecule has 3 rings (SSSR count). The largest absolute Gasteiger partial charge is 0.391 e. The molecule has 5 heteroatoms. The van der Waals surface area contributed by atoms with Crippen LogP contribution in [-0.2, 0) is 34.1 Å². The summed E-state index contributed by atoms with van der Waals surface area (Å²) in [6, 6.07) is 29.3. The maximum Gasteiger partial charge on any atom is 0.142 e. The molecular weight excluding hydrogens is 402 g/mol. The van der Waals surface area contributed by atoms with E-state index in [9.17, 15) is 5.11 Å². The summed E-state index contributed by atoms with van der Waals surface area (Å²) >= 11 is 0. The summed E-state index contributed by atoms with van der Waals surface area (Å²) in [5.41, 5.74) is 3.01. The van der Waals surface area contributed by atoms with Crippen molar-refractivity contribution in [3.05, 3.63) is 120 Å². The zero-order chi connectivity index (χ0) is 22.4. The van der Waals surface area contributed by atoms with Gasteiger partial charge in [-0.1, -0.05) is 102 Å². The molecule has 0 saturated heterocycles. The van der Waals surface area contributed by atoms with Gasteiger partial charge in [-0.2, -0.15) is 0 Å². The lowest BCUT2D eigenvalue weighted by Crippen LogP contribution is -2.41. The third kappa shape index (κ3) is 7.78. The van der Waals surface area contributed by atoms with Crippen molar-refractivity contribution >= 4 is 6.21 Å². The third-order valence-corrected chi connectivity index (χ3v) is 4.83. The zero-order valence-electron chi connectivity index (χ0n) is 18.0. The van der Waals surface area contributed by atoms with Gasteiger partial charge in [0.25, 0.3) is 0 Å². The first-order chi connectivity index (χ1) is 15.8. The van der Waals surface area contributed by atoms with Gasteiger partial charge in [0.05, 0.1) is 19.4 Å². The molecule has 0 aromatic heterocycles. The van der Waals surface area contributed by atoms with Crippen LogP contribution in [0.2, 0.25) is 0 Å². The molecule has 0 saturated carbocycles. The minimum absolute atomic E-state index is 0.320. The van der Waals surface area contributed by atoms with Crippen LogP contribution in [0, 0.1) is 0 Å². The fourth-order valence-corrected chi connectivity index (χ4v) is 3.07. The minimum atomic E-state index is -0.944. The Kier molecular flexibility index (Phi) is 9.68. The SMILES string of the molecule is C=C[C@@H](O)[C@H](OCc1ccccc1)[C@@H](/C=N/OCc1ccccc1)OCc1ccccc1. The normalized spacial score (nSPS) is 14.0. The second-order valence-electron chi connectivity index (χ2n) is 7.26. The van der Waals surface area contributed by atoms with E-state index < -0.39 is 18.3 Å². The number of aliphatic hydroxyl groups is 1. The van der Waals surface area contributed by atoms with Gasteiger partial charge >= 0.3 is 0 Å². The first-order valence-electron chi connectivity index (χ1n) is 10.6. The highest BCUT2D eigenvalue weighted by Gasteiger charge is 2.28. The third-order valence-electron chi connectivity index (χ3n) is 4.83. The van der Waals surface area contributed by atoms with Crippen LogP contribution in [0.1, 0.15) is 16.7 Å². The van der Waals surface area contributed by atoms with E-state index in [1.165, 1.54) is 12.3 Å². The fraction of sp³-hybridized carbons (Fsp3) is 0.222. The highest BCUT2D eigenvalue weighted by atomic mass is 16.6. The van der Waals surface area contributed by atoms with Gasteiger partial charge < -0.3 is 19.4 Å². The number of benzene rings is 3. The molecule has 3 aromatic rings. The highest BCUT2D eigenvalue weighted by Crippen LogP contribution is 2.15. The first-order valence-corrected chi connectivity index (χ1v) is 10.6. The van der Waals surface area contributed by atoms with E-state index in [-0.39, 0.29) is 0 Å². The van der Waals surface area contributed by atoms with E-state index in [0.717, 1.165) is 16.7 Å². The van der Waals surface area contributed by atoms with E-state index in [1.54, 1.807) is 0 Å². The van der Waals surface area contributed by atoms with Gasteiger partial charge in [-0.15, -0.1) is 6.58 Å². The number of ether oxygens (including phenoxy) is 2. The molecule has 0 aliphatic rings. The fourth-order valence-electron chi connectivity index (χ4n) is 3.07. The molecule has 3 aromatic carbocycles. The van der Waals surface area contributed by atoms with Crippen molar-refractivity contribution in [2.75, 3.05) is 0 Å². The van der Waals surface area contributed by atoms with Crippen LogP contribution in [-0.4, -0.2) is 29.6 Å². The minimum Gasteiger partial charge on any atom is -0.391 e. The van der Waals surface area contributed by atoms with Gasteiger partial charge in [-0.05, 0) is 16.7 Å². The molecule has 32 heavy (non-hydrogen) atoms. The topological polar surface area (TPSA) is 60.3 Å². The Morgan fingerprint density at radius 3 is 1.69 bits per heavy atom.